The number of aromatic nitrogens is 1. The van der Waals surface area contributed by atoms with Gasteiger partial charge in [0.1, 0.15) is 16.7 Å². The Bertz CT molecular complexity index is 586. The Morgan fingerprint density at radius 2 is 2.05 bits per heavy atom. The Morgan fingerprint density at radius 1 is 1.40 bits per heavy atom. The third-order valence-corrected chi connectivity index (χ3v) is 4.46. The zero-order chi connectivity index (χ0) is 14.8. The molecule has 1 aliphatic rings. The monoisotopic (exact) mass is 300 g/mol. The van der Waals surface area contributed by atoms with Crippen LogP contribution in [0.1, 0.15) is 49.5 Å². The lowest BCUT2D eigenvalue weighted by atomic mass is 9.98. The highest BCUT2D eigenvalue weighted by Gasteiger charge is 2.23. The molecule has 0 amide bonds. The lowest BCUT2D eigenvalue weighted by Crippen LogP contribution is -2.22. The van der Waals surface area contributed by atoms with Gasteiger partial charge in [-0.25, -0.2) is 18.4 Å². The van der Waals surface area contributed by atoms with Gasteiger partial charge in [-0.3, -0.25) is 0 Å². The molecule has 0 bridgehead atoms. The molecular formula is C13H20N2O4S. The Morgan fingerprint density at radius 3 is 2.60 bits per heavy atom. The topological polar surface area (TPSA) is 91.4 Å². The van der Waals surface area contributed by atoms with Crippen LogP contribution in [0.25, 0.3) is 0 Å². The van der Waals surface area contributed by atoms with Crippen LogP contribution in [0.2, 0.25) is 0 Å². The molecule has 1 aromatic heterocycles. The maximum atomic E-state index is 12.2. The molecule has 1 saturated carbocycles. The van der Waals surface area contributed by atoms with Gasteiger partial charge in [0.05, 0.1) is 0 Å². The predicted molar refractivity (Wildman–Crippen MR) is 73.8 cm³/mol. The summed E-state index contributed by atoms with van der Waals surface area (Å²) in [7, 11) is -3.81. The number of primary sulfonamides is 1. The van der Waals surface area contributed by atoms with Gasteiger partial charge in [0.25, 0.3) is 0 Å². The van der Waals surface area contributed by atoms with E-state index in [0.717, 1.165) is 25.7 Å². The molecule has 0 radical (unpaired) electrons. The van der Waals surface area contributed by atoms with Crippen LogP contribution in [0.3, 0.4) is 0 Å². The zero-order valence-corrected chi connectivity index (χ0v) is 12.4. The van der Waals surface area contributed by atoms with Crippen molar-refractivity contribution in [2.75, 3.05) is 0 Å². The second-order valence-corrected chi connectivity index (χ2v) is 6.62. The fourth-order valence-corrected chi connectivity index (χ4v) is 3.02. The highest BCUT2D eigenvalue weighted by atomic mass is 32.2. The molecule has 0 atom stereocenters. The largest absolute Gasteiger partial charge is 0.458 e. The summed E-state index contributed by atoms with van der Waals surface area (Å²) in [4.78, 5) is 12.1. The Labute approximate surface area is 119 Å². The number of esters is 1. The van der Waals surface area contributed by atoms with Crippen LogP contribution in [0.5, 0.6) is 0 Å². The van der Waals surface area contributed by atoms with Crippen molar-refractivity contribution in [2.24, 2.45) is 5.14 Å². The maximum Gasteiger partial charge on any atom is 0.355 e. The van der Waals surface area contributed by atoms with E-state index < -0.39 is 16.0 Å². The van der Waals surface area contributed by atoms with Crippen LogP contribution in [-0.2, 0) is 21.3 Å². The molecule has 6 nitrogen and oxygen atoms in total. The van der Waals surface area contributed by atoms with Gasteiger partial charge in [0, 0.05) is 12.7 Å². The van der Waals surface area contributed by atoms with Gasteiger partial charge >= 0.3 is 5.97 Å². The van der Waals surface area contributed by atoms with Crippen LogP contribution in [-0.4, -0.2) is 25.1 Å². The number of ether oxygens (including phenoxy) is 1. The number of carbonyl (C=O) groups excluding carboxylic acids is 1. The number of rotatable bonds is 4. The first-order valence-corrected chi connectivity index (χ1v) is 8.40. The molecule has 1 aromatic rings. The Hall–Kier alpha value is -1.34. The van der Waals surface area contributed by atoms with Crippen LogP contribution in [0, 0.1) is 0 Å². The zero-order valence-electron chi connectivity index (χ0n) is 11.5. The van der Waals surface area contributed by atoms with E-state index in [0.29, 0.717) is 6.54 Å². The minimum Gasteiger partial charge on any atom is -0.458 e. The van der Waals surface area contributed by atoms with Crippen molar-refractivity contribution in [3.63, 3.8) is 0 Å². The van der Waals surface area contributed by atoms with E-state index in [1.807, 2.05) is 6.92 Å². The van der Waals surface area contributed by atoms with Crippen molar-refractivity contribution in [1.82, 2.24) is 4.57 Å². The fraction of sp³-hybridized carbons (Fsp3) is 0.615. The summed E-state index contributed by atoms with van der Waals surface area (Å²) >= 11 is 0. The standard InChI is InChI=1S/C13H20N2O4S/c1-2-15-9-11(20(14,17)18)8-12(15)13(16)19-10-6-4-3-5-7-10/h8-10H,2-7H2,1H3,(H2,14,17,18). The van der Waals surface area contributed by atoms with Gasteiger partial charge in [-0.2, -0.15) is 0 Å². The van der Waals surface area contributed by atoms with Gasteiger partial charge in [0.2, 0.25) is 10.0 Å². The molecule has 0 spiro atoms. The second-order valence-electron chi connectivity index (χ2n) is 5.06. The maximum absolute atomic E-state index is 12.2. The van der Waals surface area contributed by atoms with Gasteiger partial charge in [-0.15, -0.1) is 0 Å². The lowest BCUT2D eigenvalue weighted by molar-refractivity contribution is 0.0199. The van der Waals surface area contributed by atoms with E-state index in [-0.39, 0.29) is 16.7 Å². The van der Waals surface area contributed by atoms with Crippen molar-refractivity contribution in [2.45, 2.75) is 56.6 Å². The van der Waals surface area contributed by atoms with Crippen LogP contribution >= 0.6 is 0 Å². The van der Waals surface area contributed by atoms with Crippen LogP contribution in [0.4, 0.5) is 0 Å². The van der Waals surface area contributed by atoms with Crippen molar-refractivity contribution < 1.29 is 17.9 Å². The number of carbonyl (C=O) groups is 1. The minimum absolute atomic E-state index is 0.0602. The average Bonchev–Trinajstić information content (AvgIpc) is 2.84. The van der Waals surface area contributed by atoms with Crippen LogP contribution < -0.4 is 5.14 Å². The SMILES string of the molecule is CCn1cc(S(N)(=O)=O)cc1C(=O)OC1CCCCC1. The molecule has 0 unspecified atom stereocenters. The number of nitrogens with zero attached hydrogens (tertiary/aromatic N) is 1. The molecule has 2 N–H and O–H groups in total. The molecule has 20 heavy (non-hydrogen) atoms. The third-order valence-electron chi connectivity index (χ3n) is 3.58. The van der Waals surface area contributed by atoms with Crippen molar-refractivity contribution in [1.29, 1.82) is 0 Å². The molecule has 2 rings (SSSR count). The van der Waals surface area contributed by atoms with Crippen molar-refractivity contribution >= 4 is 16.0 Å². The van der Waals surface area contributed by atoms with Gasteiger partial charge < -0.3 is 9.30 Å². The van der Waals surface area contributed by atoms with E-state index in [9.17, 15) is 13.2 Å². The number of hydrogen-bond donors (Lipinski definition) is 1. The van der Waals surface area contributed by atoms with Gasteiger partial charge in [-0.05, 0) is 38.7 Å². The summed E-state index contributed by atoms with van der Waals surface area (Å²) in [6, 6.07) is 1.28. The molecule has 7 heteroatoms. The fourth-order valence-electron chi connectivity index (χ4n) is 2.47. The normalized spacial score (nSPS) is 17.1. The lowest BCUT2D eigenvalue weighted by Gasteiger charge is -2.21. The molecule has 112 valence electrons. The summed E-state index contributed by atoms with van der Waals surface area (Å²) in [5.41, 5.74) is 0.238. The summed E-state index contributed by atoms with van der Waals surface area (Å²) in [6.45, 7) is 2.30. The summed E-state index contributed by atoms with van der Waals surface area (Å²) < 4.78 is 29.7. The average molecular weight is 300 g/mol. The third kappa shape index (κ3) is 3.40. The molecule has 1 fully saturated rings. The van der Waals surface area contributed by atoms with E-state index in [1.54, 1.807) is 4.57 Å². The first-order valence-electron chi connectivity index (χ1n) is 6.85. The summed E-state index contributed by atoms with van der Waals surface area (Å²) in [5.74, 6) is -0.478. The van der Waals surface area contributed by atoms with Crippen LogP contribution in [0.15, 0.2) is 17.2 Å². The molecule has 1 heterocycles. The number of aryl methyl sites for hydroxylation is 1. The molecule has 0 aliphatic heterocycles. The Kier molecular flexibility index (Phi) is 4.49. The van der Waals surface area contributed by atoms with Crippen molar-refractivity contribution in [3.8, 4) is 0 Å². The van der Waals surface area contributed by atoms with E-state index in [2.05, 4.69) is 0 Å². The Balaban J connectivity index is 2.18. The quantitative estimate of drug-likeness (QED) is 0.856. The summed E-state index contributed by atoms with van der Waals surface area (Å²) in [6.07, 6.45) is 6.36. The number of sulfonamides is 1. The highest BCUT2D eigenvalue weighted by molar-refractivity contribution is 7.89. The highest BCUT2D eigenvalue weighted by Crippen LogP contribution is 2.22. The second kappa shape index (κ2) is 5.97. The predicted octanol–water partition coefficient (Wildman–Crippen LogP) is 1.64. The van der Waals surface area contributed by atoms with Gasteiger partial charge in [-0.1, -0.05) is 6.42 Å². The summed E-state index contributed by atoms with van der Waals surface area (Å²) in [5, 5.41) is 5.08. The van der Waals surface area contributed by atoms with Gasteiger partial charge in [0.15, 0.2) is 0 Å². The molecule has 0 saturated heterocycles. The smallest absolute Gasteiger partial charge is 0.355 e. The van der Waals surface area contributed by atoms with Crippen molar-refractivity contribution in [3.05, 3.63) is 18.0 Å². The first kappa shape index (κ1) is 15.1. The van der Waals surface area contributed by atoms with E-state index >= 15 is 0 Å². The molecule has 1 aliphatic carbocycles. The molecular weight excluding hydrogens is 280 g/mol. The molecule has 0 aromatic carbocycles. The first-order chi connectivity index (χ1) is 9.41. The number of hydrogen-bond acceptors (Lipinski definition) is 4. The van der Waals surface area contributed by atoms with E-state index in [1.165, 1.54) is 18.7 Å². The van der Waals surface area contributed by atoms with E-state index in [4.69, 9.17) is 9.88 Å². The minimum atomic E-state index is -3.81. The number of nitrogens with two attached hydrogens (primary N) is 1.